The van der Waals surface area contributed by atoms with Crippen molar-refractivity contribution in [2.75, 3.05) is 32.0 Å². The second-order valence-corrected chi connectivity index (χ2v) is 8.45. The maximum atomic E-state index is 13.1. The number of hydrogen-bond donors (Lipinski definition) is 2. The van der Waals surface area contributed by atoms with Gasteiger partial charge in [-0.15, -0.1) is 0 Å². The van der Waals surface area contributed by atoms with E-state index in [1.807, 2.05) is 4.90 Å². The van der Waals surface area contributed by atoms with Crippen LogP contribution in [0.2, 0.25) is 0 Å². The van der Waals surface area contributed by atoms with Gasteiger partial charge >= 0.3 is 0 Å². The smallest absolute Gasteiger partial charge is 0.264 e. The lowest BCUT2D eigenvalue weighted by Gasteiger charge is -2.26. The van der Waals surface area contributed by atoms with Gasteiger partial charge in [0.2, 0.25) is 11.8 Å². The molecular formula is C24H32N4O5. The first-order valence-corrected chi connectivity index (χ1v) is 11.7. The van der Waals surface area contributed by atoms with Crippen LogP contribution in [-0.2, 0) is 14.4 Å². The molecule has 1 fully saturated rings. The number of fused-ring (bicyclic) bond motifs is 1. The number of aldehydes is 1. The van der Waals surface area contributed by atoms with Crippen LogP contribution >= 0.6 is 0 Å². The zero-order valence-electron chi connectivity index (χ0n) is 19.1. The molecule has 1 aromatic carbocycles. The summed E-state index contributed by atoms with van der Waals surface area (Å²) in [4.78, 5) is 64.2. The normalized spacial score (nSPS) is 16.4. The van der Waals surface area contributed by atoms with Gasteiger partial charge in [-0.3, -0.25) is 24.1 Å². The zero-order chi connectivity index (χ0) is 23.8. The summed E-state index contributed by atoms with van der Waals surface area (Å²) in [5, 5.41) is 5.67. The summed E-state index contributed by atoms with van der Waals surface area (Å²) in [6.45, 7) is 2.26. The molecule has 0 aromatic heterocycles. The van der Waals surface area contributed by atoms with Gasteiger partial charge in [-0.05, 0) is 50.7 Å². The molecule has 4 amide bonds. The van der Waals surface area contributed by atoms with Crippen molar-refractivity contribution in [1.82, 2.24) is 15.1 Å². The molecule has 9 nitrogen and oxygen atoms in total. The van der Waals surface area contributed by atoms with Crippen LogP contribution in [0.25, 0.3) is 0 Å². The number of benzene rings is 1. The molecule has 3 rings (SSSR count). The first kappa shape index (κ1) is 24.4. The predicted octanol–water partition coefficient (Wildman–Crippen LogP) is 1.97. The molecule has 1 saturated heterocycles. The highest BCUT2D eigenvalue weighted by molar-refractivity contribution is 6.24. The van der Waals surface area contributed by atoms with Gasteiger partial charge < -0.3 is 20.3 Å². The fraction of sp³-hybridized carbons (Fsp3) is 0.542. The molecule has 33 heavy (non-hydrogen) atoms. The third kappa shape index (κ3) is 5.77. The van der Waals surface area contributed by atoms with Gasteiger partial charge in [-0.1, -0.05) is 6.07 Å². The molecule has 0 aliphatic carbocycles. The minimum Gasteiger partial charge on any atom is -0.384 e. The Morgan fingerprint density at radius 2 is 1.82 bits per heavy atom. The van der Waals surface area contributed by atoms with E-state index in [2.05, 4.69) is 10.6 Å². The Labute approximate surface area is 193 Å². The highest BCUT2D eigenvalue weighted by atomic mass is 16.2. The summed E-state index contributed by atoms with van der Waals surface area (Å²) in [7, 11) is 1.49. The third-order valence-electron chi connectivity index (χ3n) is 6.22. The molecule has 2 heterocycles. The second-order valence-electron chi connectivity index (χ2n) is 8.45. The van der Waals surface area contributed by atoms with E-state index in [9.17, 15) is 24.0 Å². The van der Waals surface area contributed by atoms with Crippen molar-refractivity contribution in [3.63, 3.8) is 0 Å². The summed E-state index contributed by atoms with van der Waals surface area (Å²) in [5.41, 5.74) is 1.03. The number of likely N-dealkylation sites (tertiary alicyclic amines) is 1. The lowest BCUT2D eigenvalue weighted by Crippen LogP contribution is -2.41. The Hall–Kier alpha value is -3.23. The average molecular weight is 457 g/mol. The van der Waals surface area contributed by atoms with Gasteiger partial charge in [0.15, 0.2) is 0 Å². The number of nitrogens with zero attached hydrogens (tertiary/aromatic N) is 2. The topological polar surface area (TPSA) is 116 Å². The summed E-state index contributed by atoms with van der Waals surface area (Å²) < 4.78 is 0. The highest BCUT2D eigenvalue weighted by Gasteiger charge is 2.41. The largest absolute Gasteiger partial charge is 0.384 e. The molecule has 0 spiro atoms. The molecule has 1 aromatic rings. The Bertz CT molecular complexity index is 910. The number of rotatable bonds is 11. The first-order valence-electron chi connectivity index (χ1n) is 11.7. The van der Waals surface area contributed by atoms with Crippen LogP contribution in [0.1, 0.15) is 72.1 Å². The molecule has 1 atom stereocenters. The molecule has 0 radical (unpaired) electrons. The van der Waals surface area contributed by atoms with E-state index >= 15 is 0 Å². The van der Waals surface area contributed by atoms with Crippen LogP contribution in [-0.4, -0.2) is 72.4 Å². The summed E-state index contributed by atoms with van der Waals surface area (Å²) >= 11 is 0. The molecule has 2 N–H and O–H groups in total. The number of imide groups is 1. The van der Waals surface area contributed by atoms with E-state index in [0.29, 0.717) is 24.9 Å². The number of amides is 4. The van der Waals surface area contributed by atoms with Crippen LogP contribution < -0.4 is 10.6 Å². The van der Waals surface area contributed by atoms with E-state index in [0.717, 1.165) is 43.7 Å². The van der Waals surface area contributed by atoms with Gasteiger partial charge in [-0.25, -0.2) is 0 Å². The van der Waals surface area contributed by atoms with Crippen LogP contribution in [0.15, 0.2) is 18.2 Å². The summed E-state index contributed by atoms with van der Waals surface area (Å²) in [6, 6.07) is 3.99. The van der Waals surface area contributed by atoms with Crippen molar-refractivity contribution < 1.29 is 24.0 Å². The lowest BCUT2D eigenvalue weighted by molar-refractivity contribution is -0.132. The van der Waals surface area contributed by atoms with Crippen molar-refractivity contribution >= 4 is 35.6 Å². The number of nitrogens with one attached hydrogen (secondary N) is 2. The predicted molar refractivity (Wildman–Crippen MR) is 123 cm³/mol. The minimum absolute atomic E-state index is 0.0363. The maximum Gasteiger partial charge on any atom is 0.264 e. The fourth-order valence-electron chi connectivity index (χ4n) is 4.34. The van der Waals surface area contributed by atoms with Crippen molar-refractivity contribution in [1.29, 1.82) is 0 Å². The number of carbonyl (C=O) groups excluding carboxylic acids is 5. The molecule has 0 saturated carbocycles. The fourth-order valence-corrected chi connectivity index (χ4v) is 4.34. The molecule has 9 heteroatoms. The van der Waals surface area contributed by atoms with E-state index < -0.39 is 17.9 Å². The van der Waals surface area contributed by atoms with Gasteiger partial charge in [0.25, 0.3) is 11.8 Å². The Morgan fingerprint density at radius 3 is 2.52 bits per heavy atom. The zero-order valence-corrected chi connectivity index (χ0v) is 19.1. The quantitative estimate of drug-likeness (QED) is 0.299. The summed E-state index contributed by atoms with van der Waals surface area (Å²) in [6.07, 6.45) is 5.98. The van der Waals surface area contributed by atoms with Crippen molar-refractivity contribution in [2.45, 2.75) is 57.4 Å². The van der Waals surface area contributed by atoms with Crippen LogP contribution in [0.4, 0.5) is 5.69 Å². The molecular weight excluding hydrogens is 424 g/mol. The van der Waals surface area contributed by atoms with Crippen LogP contribution in [0.5, 0.6) is 0 Å². The average Bonchev–Trinajstić information content (AvgIpc) is 3.10. The molecule has 178 valence electrons. The SMILES string of the molecule is CNC(=O)CCC(C=O)N1C(=O)c2cccc(NCCCCC(=O)N3CCCCC3)c2C1=O. The van der Waals surface area contributed by atoms with Crippen LogP contribution in [0, 0.1) is 0 Å². The Morgan fingerprint density at radius 1 is 1.06 bits per heavy atom. The van der Waals surface area contributed by atoms with Crippen molar-refractivity contribution in [3.8, 4) is 0 Å². The molecule has 2 aliphatic rings. The third-order valence-corrected chi connectivity index (χ3v) is 6.22. The van der Waals surface area contributed by atoms with E-state index in [4.69, 9.17) is 0 Å². The number of piperidine rings is 1. The van der Waals surface area contributed by atoms with Crippen LogP contribution in [0.3, 0.4) is 0 Å². The number of unbranched alkanes of at least 4 members (excludes halogenated alkanes) is 1. The van der Waals surface area contributed by atoms with E-state index in [-0.39, 0.29) is 35.8 Å². The molecule has 1 unspecified atom stereocenters. The highest BCUT2D eigenvalue weighted by Crippen LogP contribution is 2.31. The Balaban J connectivity index is 1.56. The van der Waals surface area contributed by atoms with Gasteiger partial charge in [0, 0.05) is 45.2 Å². The van der Waals surface area contributed by atoms with E-state index in [1.165, 1.54) is 13.5 Å². The summed E-state index contributed by atoms with van der Waals surface area (Å²) in [5.74, 6) is -1.13. The number of anilines is 1. The second kappa shape index (κ2) is 11.6. The molecule has 2 aliphatic heterocycles. The maximum absolute atomic E-state index is 13.1. The lowest BCUT2D eigenvalue weighted by atomic mass is 10.1. The monoisotopic (exact) mass is 456 g/mol. The first-order chi connectivity index (χ1) is 16.0. The van der Waals surface area contributed by atoms with E-state index in [1.54, 1.807) is 18.2 Å². The standard InChI is InChI=1S/C24H32N4O5/c1-25-20(30)12-11-17(16-29)28-23(32)18-8-7-9-19(22(18)24(28)33)26-13-4-3-10-21(31)27-14-5-2-6-15-27/h7-9,16-17,26H,2-6,10-15H2,1H3,(H,25,30). The number of carbonyl (C=O) groups is 5. The van der Waals surface area contributed by atoms with Crippen molar-refractivity contribution in [2.24, 2.45) is 0 Å². The van der Waals surface area contributed by atoms with Gasteiger partial charge in [0.1, 0.15) is 6.29 Å². The number of hydrogen-bond acceptors (Lipinski definition) is 6. The minimum atomic E-state index is -0.997. The van der Waals surface area contributed by atoms with Gasteiger partial charge in [0.05, 0.1) is 17.2 Å². The Kier molecular flexibility index (Phi) is 8.57. The van der Waals surface area contributed by atoms with Gasteiger partial charge in [-0.2, -0.15) is 0 Å². The van der Waals surface area contributed by atoms with Crippen molar-refractivity contribution in [3.05, 3.63) is 29.3 Å². The molecule has 0 bridgehead atoms.